The number of thioether (sulfide) groups is 1. The van der Waals surface area contributed by atoms with Crippen molar-refractivity contribution in [3.63, 3.8) is 0 Å². The van der Waals surface area contributed by atoms with E-state index in [1.165, 1.54) is 17.8 Å². The van der Waals surface area contributed by atoms with Gasteiger partial charge < -0.3 is 21.4 Å². The van der Waals surface area contributed by atoms with Gasteiger partial charge in [0.1, 0.15) is 0 Å². The second-order valence-corrected chi connectivity index (χ2v) is 6.64. The maximum atomic E-state index is 11.7. The number of carbonyl (C=O) groups excluding carboxylic acids is 2. The molecule has 0 spiro atoms. The highest BCUT2D eigenvalue weighted by molar-refractivity contribution is 8.13. The van der Waals surface area contributed by atoms with Gasteiger partial charge >= 0.3 is 6.03 Å². The lowest BCUT2D eigenvalue weighted by Crippen LogP contribution is -2.31. The number of halogens is 1. The third-order valence-electron chi connectivity index (χ3n) is 3.13. The molecular weight excluding hydrogens is 394 g/mol. The summed E-state index contributed by atoms with van der Waals surface area (Å²) < 4.78 is 0. The van der Waals surface area contributed by atoms with Gasteiger partial charge in [-0.25, -0.2) is 4.79 Å². The molecule has 0 atom stereocenters. The van der Waals surface area contributed by atoms with E-state index in [9.17, 15) is 14.4 Å². The van der Waals surface area contributed by atoms with E-state index in [1.807, 2.05) is 0 Å². The lowest BCUT2D eigenvalue weighted by atomic mass is 10.3. The maximum Gasteiger partial charge on any atom is 0.321 e. The number of amidine groups is 1. The number of unbranched alkanes of at least 4 members (excludes halogenated alkanes) is 1. The van der Waals surface area contributed by atoms with Crippen LogP contribution in [0.5, 0.6) is 0 Å². The van der Waals surface area contributed by atoms with Gasteiger partial charge in [-0.2, -0.15) is 4.98 Å². The standard InChI is InChI=1S/C15H25N7O3S.ClH/c1-10-9-12(24)21-14(20-10)22-15(25)19-7-3-2-6-18-11(23)5-4-8-26-13(16)17;/h9H,2-8H2,1H3,(H3,16,17)(H,18,23)(H3,19,20,21,22,24,25);1H. The summed E-state index contributed by atoms with van der Waals surface area (Å²) in [5.74, 6) is 0.722. The van der Waals surface area contributed by atoms with E-state index in [4.69, 9.17) is 11.1 Å². The normalized spacial score (nSPS) is 9.81. The fourth-order valence-electron chi connectivity index (χ4n) is 1.97. The Labute approximate surface area is 167 Å². The first kappa shape index (κ1) is 24.7. The van der Waals surface area contributed by atoms with Gasteiger partial charge in [-0.15, -0.1) is 12.4 Å². The van der Waals surface area contributed by atoms with Crippen LogP contribution in [0.25, 0.3) is 0 Å². The van der Waals surface area contributed by atoms with Crippen molar-refractivity contribution in [3.8, 4) is 0 Å². The lowest BCUT2D eigenvalue weighted by molar-refractivity contribution is -0.121. The van der Waals surface area contributed by atoms with Crippen LogP contribution in [-0.2, 0) is 4.79 Å². The monoisotopic (exact) mass is 419 g/mol. The molecule has 1 aromatic heterocycles. The fraction of sp³-hybridized carbons (Fsp3) is 0.533. The van der Waals surface area contributed by atoms with E-state index in [1.54, 1.807) is 6.92 Å². The average Bonchev–Trinajstić information content (AvgIpc) is 2.53. The highest BCUT2D eigenvalue weighted by Crippen LogP contribution is 2.02. The molecule has 0 unspecified atom stereocenters. The number of amides is 3. The molecule has 12 heteroatoms. The van der Waals surface area contributed by atoms with Crippen molar-refractivity contribution in [3.05, 3.63) is 22.1 Å². The number of hydrogen-bond donors (Lipinski definition) is 6. The van der Waals surface area contributed by atoms with Crippen LogP contribution in [-0.4, -0.2) is 45.9 Å². The van der Waals surface area contributed by atoms with Crippen molar-refractivity contribution in [1.29, 1.82) is 5.41 Å². The van der Waals surface area contributed by atoms with Crippen LogP contribution in [0.15, 0.2) is 10.9 Å². The Morgan fingerprint density at radius 3 is 2.56 bits per heavy atom. The zero-order valence-corrected chi connectivity index (χ0v) is 16.7. The van der Waals surface area contributed by atoms with Gasteiger partial charge in [0.15, 0.2) is 5.17 Å². The van der Waals surface area contributed by atoms with E-state index in [0.29, 0.717) is 43.8 Å². The quantitative estimate of drug-likeness (QED) is 0.187. The zero-order valence-electron chi connectivity index (χ0n) is 15.1. The summed E-state index contributed by atoms with van der Waals surface area (Å²) in [4.78, 5) is 40.9. The molecule has 1 rings (SSSR count). The summed E-state index contributed by atoms with van der Waals surface area (Å²) in [7, 11) is 0. The third kappa shape index (κ3) is 12.7. The van der Waals surface area contributed by atoms with Crippen LogP contribution in [0.2, 0.25) is 0 Å². The molecule has 3 amide bonds. The molecule has 0 fully saturated rings. The molecule has 0 aliphatic rings. The van der Waals surface area contributed by atoms with E-state index >= 15 is 0 Å². The summed E-state index contributed by atoms with van der Waals surface area (Å²) in [6, 6.07) is 0.880. The molecule has 152 valence electrons. The Hall–Kier alpha value is -2.27. The second kappa shape index (κ2) is 13.9. The van der Waals surface area contributed by atoms with E-state index < -0.39 is 11.6 Å². The number of hydrogen-bond acceptors (Lipinski definition) is 6. The van der Waals surface area contributed by atoms with Crippen LogP contribution in [0.3, 0.4) is 0 Å². The summed E-state index contributed by atoms with van der Waals surface area (Å²) in [6.45, 7) is 2.67. The molecule has 27 heavy (non-hydrogen) atoms. The van der Waals surface area contributed by atoms with Gasteiger partial charge in [-0.1, -0.05) is 11.8 Å². The summed E-state index contributed by atoms with van der Waals surface area (Å²) in [6.07, 6.45) is 2.51. The van der Waals surface area contributed by atoms with Crippen LogP contribution in [0.4, 0.5) is 10.7 Å². The number of nitrogens with one attached hydrogen (secondary N) is 5. The first-order valence-corrected chi connectivity index (χ1v) is 9.21. The first-order valence-electron chi connectivity index (χ1n) is 8.23. The number of rotatable bonds is 10. The number of aryl methyl sites for hydroxylation is 1. The second-order valence-electron chi connectivity index (χ2n) is 5.51. The van der Waals surface area contributed by atoms with E-state index in [0.717, 1.165) is 6.42 Å². The van der Waals surface area contributed by atoms with Gasteiger partial charge in [-0.05, 0) is 26.2 Å². The van der Waals surface area contributed by atoms with Crippen molar-refractivity contribution in [2.45, 2.75) is 32.6 Å². The number of aromatic nitrogens is 2. The number of aromatic amines is 1. The Morgan fingerprint density at radius 1 is 1.26 bits per heavy atom. The molecule has 0 bridgehead atoms. The van der Waals surface area contributed by atoms with Crippen molar-refractivity contribution < 1.29 is 9.59 Å². The Kier molecular flexibility index (Phi) is 12.7. The Morgan fingerprint density at radius 2 is 1.93 bits per heavy atom. The van der Waals surface area contributed by atoms with Gasteiger partial charge in [-0.3, -0.25) is 20.3 Å². The Balaban J connectivity index is 0.00000676. The molecule has 0 radical (unpaired) electrons. The molecule has 0 aliphatic heterocycles. The van der Waals surface area contributed by atoms with Crippen LogP contribution in [0, 0.1) is 12.3 Å². The molecule has 0 aromatic carbocycles. The molecule has 10 nitrogen and oxygen atoms in total. The third-order valence-corrected chi connectivity index (χ3v) is 3.93. The minimum absolute atomic E-state index is 0. The SMILES string of the molecule is Cc1cc(=O)nc(NC(=O)NCCCCNC(=O)CCCSC(=N)N)[nH]1.Cl. The predicted molar refractivity (Wildman–Crippen MR) is 110 cm³/mol. The highest BCUT2D eigenvalue weighted by atomic mass is 35.5. The number of nitrogens with zero attached hydrogens (tertiary/aromatic N) is 1. The smallest absolute Gasteiger partial charge is 0.321 e. The number of nitrogens with two attached hydrogens (primary N) is 1. The lowest BCUT2D eigenvalue weighted by Gasteiger charge is -2.08. The molecule has 0 aliphatic carbocycles. The molecule has 1 aromatic rings. The molecule has 1 heterocycles. The summed E-state index contributed by atoms with van der Waals surface area (Å²) in [5, 5.41) is 15.0. The summed E-state index contributed by atoms with van der Waals surface area (Å²) >= 11 is 1.22. The maximum absolute atomic E-state index is 11.7. The van der Waals surface area contributed by atoms with Gasteiger partial charge in [0.25, 0.3) is 5.56 Å². The first-order chi connectivity index (χ1) is 12.4. The highest BCUT2D eigenvalue weighted by Gasteiger charge is 2.04. The zero-order chi connectivity index (χ0) is 19.4. The van der Waals surface area contributed by atoms with Crippen LogP contribution < -0.4 is 27.2 Å². The van der Waals surface area contributed by atoms with E-state index in [-0.39, 0.29) is 29.4 Å². The molecule has 0 saturated carbocycles. The van der Waals surface area contributed by atoms with Crippen molar-refractivity contribution in [2.24, 2.45) is 5.73 Å². The van der Waals surface area contributed by atoms with Gasteiger partial charge in [0, 0.05) is 37.0 Å². The predicted octanol–water partition coefficient (Wildman–Crippen LogP) is 0.925. The van der Waals surface area contributed by atoms with Crippen LogP contribution >= 0.6 is 24.2 Å². The Bertz CT molecular complexity index is 684. The minimum atomic E-state index is -0.453. The topological polar surface area (TPSA) is 166 Å². The largest absolute Gasteiger partial charge is 0.379 e. The number of anilines is 1. The summed E-state index contributed by atoms with van der Waals surface area (Å²) in [5.41, 5.74) is 5.39. The molecule has 0 saturated heterocycles. The number of H-pyrrole nitrogens is 1. The van der Waals surface area contributed by atoms with Gasteiger partial charge in [0.2, 0.25) is 11.9 Å². The number of carbonyl (C=O) groups is 2. The van der Waals surface area contributed by atoms with E-state index in [2.05, 4.69) is 25.9 Å². The van der Waals surface area contributed by atoms with Crippen molar-refractivity contribution in [1.82, 2.24) is 20.6 Å². The molecular formula is C15H26ClN7O3S. The number of urea groups is 1. The average molecular weight is 420 g/mol. The minimum Gasteiger partial charge on any atom is -0.379 e. The van der Waals surface area contributed by atoms with Crippen molar-refractivity contribution in [2.75, 3.05) is 24.2 Å². The van der Waals surface area contributed by atoms with Crippen LogP contribution in [0.1, 0.15) is 31.4 Å². The van der Waals surface area contributed by atoms with Gasteiger partial charge in [0.05, 0.1) is 0 Å². The fourth-order valence-corrected chi connectivity index (χ4v) is 2.48. The molecule has 7 N–H and O–H groups in total. The van der Waals surface area contributed by atoms with Crippen molar-refractivity contribution >= 4 is 47.2 Å².